The molecule has 1 heterocycles. The van der Waals surface area contributed by atoms with Gasteiger partial charge in [0, 0.05) is 46.7 Å². The molecule has 2 saturated carbocycles. The Labute approximate surface area is 245 Å². The van der Waals surface area contributed by atoms with E-state index in [-0.39, 0.29) is 11.7 Å². The molecule has 1 aliphatic heterocycles. The number of aliphatic hydroxyl groups is 3. The molecule has 4 aliphatic carbocycles. The number of aliphatic hydroxyl groups excluding tert-OH is 2. The maximum atomic E-state index is 13.3. The first-order chi connectivity index (χ1) is 19.2. The highest BCUT2D eigenvalue weighted by molar-refractivity contribution is 5.96. The fourth-order valence-electron chi connectivity index (χ4n) is 9.27. The van der Waals surface area contributed by atoms with Crippen LogP contribution in [0.4, 0.5) is 0 Å². The zero-order valence-corrected chi connectivity index (χ0v) is 25.5. The van der Waals surface area contributed by atoms with Gasteiger partial charge in [-0.2, -0.15) is 0 Å². The first kappa shape index (κ1) is 30.6. The Hall–Kier alpha value is -2.82. The monoisotopic (exact) mass is 586 g/mol. The Morgan fingerprint density at radius 1 is 1.05 bits per heavy atom. The van der Waals surface area contributed by atoms with Gasteiger partial charge in [-0.25, -0.2) is 9.59 Å². The second-order valence-corrected chi connectivity index (χ2v) is 14.4. The zero-order chi connectivity index (χ0) is 31.4. The van der Waals surface area contributed by atoms with Gasteiger partial charge in [0.15, 0.2) is 11.4 Å². The van der Waals surface area contributed by atoms with Crippen LogP contribution < -0.4 is 0 Å². The molecule has 2 fully saturated rings. The third-order valence-electron chi connectivity index (χ3n) is 11.2. The van der Waals surface area contributed by atoms with E-state index < -0.39 is 81.6 Å². The summed E-state index contributed by atoms with van der Waals surface area (Å²) in [6.07, 6.45) is 2.39. The van der Waals surface area contributed by atoms with E-state index in [1.54, 1.807) is 13.0 Å². The smallest absolute Gasteiger partial charge is 0.337 e. The van der Waals surface area contributed by atoms with E-state index in [2.05, 4.69) is 0 Å². The summed E-state index contributed by atoms with van der Waals surface area (Å²) in [4.78, 5) is 51.2. The lowest BCUT2D eigenvalue weighted by molar-refractivity contribution is -0.247. The quantitative estimate of drug-likeness (QED) is 0.254. The summed E-state index contributed by atoms with van der Waals surface area (Å²) in [5, 5.41) is 33.6. The summed E-state index contributed by atoms with van der Waals surface area (Å²) in [5.74, 6) is -3.88. The van der Waals surface area contributed by atoms with E-state index >= 15 is 0 Å². The number of ether oxygens (including phenoxy) is 3. The van der Waals surface area contributed by atoms with Crippen LogP contribution in [0.5, 0.6) is 0 Å². The van der Waals surface area contributed by atoms with E-state index in [0.29, 0.717) is 18.4 Å². The highest BCUT2D eigenvalue weighted by atomic mass is 16.6. The molecule has 0 aromatic rings. The molecule has 0 radical (unpaired) electrons. The first-order valence-corrected chi connectivity index (χ1v) is 14.6. The van der Waals surface area contributed by atoms with Gasteiger partial charge >= 0.3 is 17.9 Å². The first-order valence-electron chi connectivity index (χ1n) is 14.6. The number of fused-ring (bicyclic) bond motifs is 5. The lowest BCUT2D eigenvalue weighted by atomic mass is 9.37. The largest absolute Gasteiger partial charge is 0.462 e. The molecule has 10 nitrogen and oxygen atoms in total. The molecule has 10 atom stereocenters. The van der Waals surface area contributed by atoms with Gasteiger partial charge in [0.1, 0.15) is 18.3 Å². The standard InChI is InChI=1S/C32H42O10/c1-15(33)40-21-14-19-28(2,3)20(34)11-12-30(19,6)24-23(42-27(38)29(4,5)39)25(36)31(7)17(9-10-18(31)32(21,24)8)16-13-22(35)41-26(16)37/h10-13,17,19,21,23-26,36-37,39H,9,14H2,1-8H3/t17-,19-,21+,23-,24+,25-,26?,30-,31-,32+/m0/s1. The second kappa shape index (κ2) is 9.34. The summed E-state index contributed by atoms with van der Waals surface area (Å²) < 4.78 is 17.2. The molecular formula is C32H42O10. The van der Waals surface area contributed by atoms with Crippen LogP contribution in [0.2, 0.25) is 0 Å². The minimum absolute atomic E-state index is 0.0756. The third-order valence-corrected chi connectivity index (χ3v) is 11.2. The van der Waals surface area contributed by atoms with Crippen molar-refractivity contribution in [2.24, 2.45) is 39.4 Å². The van der Waals surface area contributed by atoms with E-state index in [0.717, 1.165) is 5.57 Å². The maximum absolute atomic E-state index is 13.3. The minimum Gasteiger partial charge on any atom is -0.462 e. The van der Waals surface area contributed by atoms with Crippen molar-refractivity contribution in [2.75, 3.05) is 0 Å². The maximum Gasteiger partial charge on any atom is 0.337 e. The molecule has 0 aromatic heterocycles. The van der Waals surface area contributed by atoms with Crippen molar-refractivity contribution in [2.45, 2.75) is 98.4 Å². The van der Waals surface area contributed by atoms with Gasteiger partial charge in [-0.05, 0) is 44.1 Å². The highest BCUT2D eigenvalue weighted by Gasteiger charge is 2.74. The van der Waals surface area contributed by atoms with Gasteiger partial charge in [0.05, 0.1) is 0 Å². The average molecular weight is 587 g/mol. The molecule has 3 N–H and O–H groups in total. The number of ketones is 1. The molecule has 5 aliphatic rings. The SMILES string of the molecule is CC(=O)O[C@@H]1C[C@H]2C(C)(C)C(=O)C=C[C@]2(C)[C@H]2[C@H](OC(=O)C(C)(C)O)[C@H](O)[C@]3(C)C(=CC[C@H]3C3=CC(=O)OC3O)[C@@]21C. The number of carbonyl (C=O) groups is 4. The Morgan fingerprint density at radius 2 is 1.69 bits per heavy atom. The van der Waals surface area contributed by atoms with Crippen molar-refractivity contribution in [3.63, 3.8) is 0 Å². The molecule has 10 heteroatoms. The fraction of sp³-hybridized carbons (Fsp3) is 0.688. The normalized spacial score (nSPS) is 43.8. The molecule has 1 unspecified atom stereocenters. The van der Waals surface area contributed by atoms with Gasteiger partial charge in [-0.1, -0.05) is 52.3 Å². The van der Waals surface area contributed by atoms with Gasteiger partial charge in [-0.15, -0.1) is 0 Å². The van der Waals surface area contributed by atoms with E-state index in [1.165, 1.54) is 26.8 Å². The van der Waals surface area contributed by atoms with Gasteiger partial charge in [0.2, 0.25) is 6.29 Å². The molecule has 0 bridgehead atoms. The van der Waals surface area contributed by atoms with Crippen LogP contribution >= 0.6 is 0 Å². The van der Waals surface area contributed by atoms with Crippen LogP contribution in [0, 0.1) is 39.4 Å². The summed E-state index contributed by atoms with van der Waals surface area (Å²) in [7, 11) is 0. The number of hydrogen-bond donors (Lipinski definition) is 3. The van der Waals surface area contributed by atoms with Crippen molar-refractivity contribution in [1.82, 2.24) is 0 Å². The van der Waals surface area contributed by atoms with Crippen LogP contribution in [-0.2, 0) is 33.4 Å². The Kier molecular flexibility index (Phi) is 6.81. The predicted molar refractivity (Wildman–Crippen MR) is 148 cm³/mol. The summed E-state index contributed by atoms with van der Waals surface area (Å²) in [6.45, 7) is 13.3. The summed E-state index contributed by atoms with van der Waals surface area (Å²) in [6, 6.07) is 0. The second-order valence-electron chi connectivity index (χ2n) is 14.4. The molecule has 230 valence electrons. The molecule has 0 aromatic carbocycles. The van der Waals surface area contributed by atoms with Crippen molar-refractivity contribution in [3.8, 4) is 0 Å². The zero-order valence-electron chi connectivity index (χ0n) is 25.5. The van der Waals surface area contributed by atoms with Crippen LogP contribution in [-0.4, -0.2) is 69.2 Å². The topological polar surface area (TPSA) is 157 Å². The van der Waals surface area contributed by atoms with Crippen molar-refractivity contribution >= 4 is 23.7 Å². The molecule has 42 heavy (non-hydrogen) atoms. The third kappa shape index (κ3) is 4.01. The van der Waals surface area contributed by atoms with Crippen LogP contribution in [0.1, 0.15) is 68.2 Å². The minimum atomic E-state index is -1.88. The van der Waals surface area contributed by atoms with E-state index in [4.69, 9.17) is 14.2 Å². The van der Waals surface area contributed by atoms with E-state index in [1.807, 2.05) is 39.8 Å². The Bertz CT molecular complexity index is 1330. The number of esters is 3. The predicted octanol–water partition coefficient (Wildman–Crippen LogP) is 2.54. The fourth-order valence-corrected chi connectivity index (χ4v) is 9.27. The van der Waals surface area contributed by atoms with Crippen LogP contribution in [0.15, 0.2) is 35.5 Å². The van der Waals surface area contributed by atoms with Crippen molar-refractivity contribution in [3.05, 3.63) is 35.5 Å². The summed E-state index contributed by atoms with van der Waals surface area (Å²) in [5.41, 5.74) is -4.72. The number of rotatable bonds is 4. The molecule has 0 saturated heterocycles. The average Bonchev–Trinajstić information content (AvgIpc) is 3.39. The Balaban J connectivity index is 1.77. The highest BCUT2D eigenvalue weighted by Crippen LogP contribution is 2.73. The number of carbonyl (C=O) groups excluding carboxylic acids is 4. The van der Waals surface area contributed by atoms with Crippen LogP contribution in [0.25, 0.3) is 0 Å². The van der Waals surface area contributed by atoms with Crippen molar-refractivity contribution in [1.29, 1.82) is 0 Å². The Morgan fingerprint density at radius 3 is 2.24 bits per heavy atom. The number of cyclic esters (lactones) is 1. The molecule has 0 amide bonds. The van der Waals surface area contributed by atoms with Gasteiger partial charge < -0.3 is 29.5 Å². The lowest BCUT2D eigenvalue weighted by Gasteiger charge is -2.68. The van der Waals surface area contributed by atoms with Crippen LogP contribution in [0.3, 0.4) is 0 Å². The molecule has 0 spiro atoms. The summed E-state index contributed by atoms with van der Waals surface area (Å²) >= 11 is 0. The molecular weight excluding hydrogens is 544 g/mol. The van der Waals surface area contributed by atoms with E-state index in [9.17, 15) is 34.5 Å². The van der Waals surface area contributed by atoms with Crippen molar-refractivity contribution < 1.29 is 48.7 Å². The number of allylic oxidation sites excluding steroid dienone is 3. The number of hydrogen-bond acceptors (Lipinski definition) is 10. The van der Waals surface area contributed by atoms with Gasteiger partial charge in [0.25, 0.3) is 0 Å². The molecule has 5 rings (SSSR count). The lowest BCUT2D eigenvalue weighted by Crippen LogP contribution is -2.72. The van der Waals surface area contributed by atoms with Gasteiger partial charge in [-0.3, -0.25) is 9.59 Å².